The molecule has 0 bridgehead atoms. The van der Waals surface area contributed by atoms with Crippen molar-refractivity contribution in [2.75, 3.05) is 0 Å². The Kier molecular flexibility index (Phi) is 4.87. The third-order valence-corrected chi connectivity index (χ3v) is 1.13. The molecule has 0 aliphatic heterocycles. The number of hydrogen-bond donors (Lipinski definition) is 2. The maximum absolute atomic E-state index is 10.3. The molecule has 0 heterocycles. The van der Waals surface area contributed by atoms with Crippen LogP contribution in [0.5, 0.6) is 5.75 Å². The topological polar surface area (TPSA) is 57.5 Å². The molecule has 1 aromatic carbocycles. The van der Waals surface area contributed by atoms with Crippen molar-refractivity contribution >= 4 is 54.9 Å². The Hall–Kier alpha value is 0.0614. The van der Waals surface area contributed by atoms with Gasteiger partial charge in [0.15, 0.2) is 0 Å². The first-order chi connectivity index (χ1) is 4.72. The number of hydrogen-bond acceptors (Lipinski definition) is 2. The van der Waals surface area contributed by atoms with Gasteiger partial charge < -0.3 is 10.2 Å². The molecule has 11 heavy (non-hydrogen) atoms. The summed E-state index contributed by atoms with van der Waals surface area (Å²) in [5.74, 6) is -1.31. The monoisotopic (exact) mass is 278 g/mol. The van der Waals surface area contributed by atoms with Gasteiger partial charge in [-0.1, -0.05) is 12.1 Å². The summed E-state index contributed by atoms with van der Waals surface area (Å²) in [7, 11) is 0. The van der Waals surface area contributed by atoms with E-state index in [1.54, 1.807) is 12.1 Å². The molecule has 0 atom stereocenters. The summed E-state index contributed by atoms with van der Waals surface area (Å²) < 4.78 is 0. The van der Waals surface area contributed by atoms with Crippen molar-refractivity contribution in [3.63, 3.8) is 0 Å². The van der Waals surface area contributed by atoms with Gasteiger partial charge in [0, 0.05) is 0 Å². The molecule has 0 saturated heterocycles. The minimum absolute atomic E-state index is 0. The van der Waals surface area contributed by atoms with Crippen LogP contribution in [0.4, 0.5) is 0 Å². The van der Waals surface area contributed by atoms with Crippen LogP contribution in [0.15, 0.2) is 24.3 Å². The van der Waals surface area contributed by atoms with Gasteiger partial charge in [-0.3, -0.25) is 0 Å². The number of aromatic hydroxyl groups is 1. The summed E-state index contributed by atoms with van der Waals surface area (Å²) in [4.78, 5) is 10.3. The molecule has 0 aromatic heterocycles. The van der Waals surface area contributed by atoms with Crippen LogP contribution < -0.4 is 0 Å². The number of aromatic carboxylic acids is 1. The van der Waals surface area contributed by atoms with Gasteiger partial charge in [-0.05, 0) is 12.1 Å². The van der Waals surface area contributed by atoms with Crippen molar-refractivity contribution in [2.24, 2.45) is 0 Å². The van der Waals surface area contributed by atoms with Crippen molar-refractivity contribution in [2.45, 2.75) is 0 Å². The Labute approximate surface area is 104 Å². The second kappa shape index (κ2) is 4.84. The molecular weight excluding hydrogens is 269 g/mol. The minimum atomic E-state index is -1.11. The van der Waals surface area contributed by atoms with Gasteiger partial charge in [0.25, 0.3) is 0 Å². The fourth-order valence-corrected chi connectivity index (χ4v) is 0.654. The summed E-state index contributed by atoms with van der Waals surface area (Å²) in [6.07, 6.45) is 0. The molecule has 56 valence electrons. The van der Waals surface area contributed by atoms with Gasteiger partial charge in [0.05, 0.1) is 0 Å². The average molecular weight is 277 g/mol. The van der Waals surface area contributed by atoms with E-state index < -0.39 is 5.97 Å². The van der Waals surface area contributed by atoms with Crippen LogP contribution in [0.1, 0.15) is 10.4 Å². The fourth-order valence-electron chi connectivity index (χ4n) is 0.654. The van der Waals surface area contributed by atoms with Gasteiger partial charge in [0.2, 0.25) is 0 Å². The van der Waals surface area contributed by atoms with Gasteiger partial charge in [-0.2, -0.15) is 0 Å². The Bertz CT molecular complexity index is 260. The SMILES string of the molecule is O=C(O)c1ccccc1O.[BaH2]. The molecule has 0 fully saturated rings. The number of para-hydroxylation sites is 1. The number of rotatable bonds is 1. The van der Waals surface area contributed by atoms with E-state index in [9.17, 15) is 4.79 Å². The Morgan fingerprint density at radius 1 is 1.27 bits per heavy atom. The first-order valence-corrected chi connectivity index (χ1v) is 2.73. The number of carbonyl (C=O) groups is 1. The van der Waals surface area contributed by atoms with Gasteiger partial charge in [-0.25, -0.2) is 4.79 Å². The van der Waals surface area contributed by atoms with E-state index in [2.05, 4.69) is 0 Å². The zero-order valence-corrected chi connectivity index (χ0v) is 5.11. The van der Waals surface area contributed by atoms with Crippen molar-refractivity contribution < 1.29 is 15.0 Å². The Balaban J connectivity index is 0.000001000. The molecule has 4 heteroatoms. The van der Waals surface area contributed by atoms with Gasteiger partial charge in [-0.15, -0.1) is 0 Å². The van der Waals surface area contributed by atoms with E-state index in [0.29, 0.717) is 0 Å². The Morgan fingerprint density at radius 2 is 1.82 bits per heavy atom. The van der Waals surface area contributed by atoms with Crippen LogP contribution >= 0.6 is 0 Å². The summed E-state index contributed by atoms with van der Waals surface area (Å²) in [6, 6.07) is 5.81. The summed E-state index contributed by atoms with van der Waals surface area (Å²) >= 11 is 0. The van der Waals surface area contributed by atoms with Crippen molar-refractivity contribution in [3.8, 4) is 5.75 Å². The number of phenols is 1. The third kappa shape index (κ3) is 2.88. The van der Waals surface area contributed by atoms with Crippen LogP contribution in [0.25, 0.3) is 0 Å². The number of carboxylic acids is 1. The van der Waals surface area contributed by atoms with Crippen LogP contribution in [0.2, 0.25) is 0 Å². The standard InChI is InChI=1S/C7H6O3.Ba.2H/c8-6-4-2-1-3-5(6)7(9)10;;;/h1-4,8H,(H,9,10);;;. The molecule has 2 N–H and O–H groups in total. The second-order valence-electron chi connectivity index (χ2n) is 1.82. The molecule has 3 nitrogen and oxygen atoms in total. The zero-order valence-electron chi connectivity index (χ0n) is 5.11. The zero-order chi connectivity index (χ0) is 7.56. The van der Waals surface area contributed by atoms with E-state index in [4.69, 9.17) is 10.2 Å². The van der Waals surface area contributed by atoms with E-state index in [-0.39, 0.29) is 60.2 Å². The number of carboxylic acid groups (broad SMARTS) is 1. The van der Waals surface area contributed by atoms with E-state index in [0.717, 1.165) is 0 Å². The van der Waals surface area contributed by atoms with Crippen LogP contribution in [0.3, 0.4) is 0 Å². The maximum atomic E-state index is 10.3. The predicted molar refractivity (Wildman–Crippen MR) is 43.6 cm³/mol. The Morgan fingerprint density at radius 3 is 2.18 bits per heavy atom. The van der Waals surface area contributed by atoms with Crippen molar-refractivity contribution in [1.29, 1.82) is 0 Å². The normalized spacial score (nSPS) is 8.36. The second-order valence-corrected chi connectivity index (χ2v) is 1.82. The van der Waals surface area contributed by atoms with Crippen molar-refractivity contribution in [1.82, 2.24) is 0 Å². The van der Waals surface area contributed by atoms with E-state index in [1.807, 2.05) is 0 Å². The summed E-state index contributed by atoms with van der Waals surface area (Å²) in [5.41, 5.74) is -0.0671. The molecule has 0 unspecified atom stereocenters. The first-order valence-electron chi connectivity index (χ1n) is 2.73. The molecule has 0 aliphatic carbocycles. The summed E-state index contributed by atoms with van der Waals surface area (Å²) in [5, 5.41) is 17.3. The van der Waals surface area contributed by atoms with E-state index in [1.165, 1.54) is 12.1 Å². The van der Waals surface area contributed by atoms with Crippen LogP contribution in [-0.2, 0) is 0 Å². The predicted octanol–water partition coefficient (Wildman–Crippen LogP) is 0.174. The molecule has 0 saturated carbocycles. The fraction of sp³-hybridized carbons (Fsp3) is 0. The molecule has 0 spiro atoms. The first kappa shape index (κ1) is 11.1. The van der Waals surface area contributed by atoms with Crippen LogP contribution in [0, 0.1) is 0 Å². The van der Waals surface area contributed by atoms with Gasteiger partial charge >= 0.3 is 54.9 Å². The molecule has 1 aromatic rings. The molecular formula is C7H8BaO3. The van der Waals surface area contributed by atoms with Crippen molar-refractivity contribution in [3.05, 3.63) is 29.8 Å². The quantitative estimate of drug-likeness (QED) is 0.720. The van der Waals surface area contributed by atoms with Crippen LogP contribution in [-0.4, -0.2) is 65.1 Å². The average Bonchev–Trinajstić information content (AvgIpc) is 1.88. The number of benzene rings is 1. The van der Waals surface area contributed by atoms with E-state index >= 15 is 0 Å². The summed E-state index contributed by atoms with van der Waals surface area (Å²) in [6.45, 7) is 0. The molecule has 0 radical (unpaired) electrons. The molecule has 1 rings (SSSR count). The molecule has 0 aliphatic rings. The third-order valence-electron chi connectivity index (χ3n) is 1.13. The van der Waals surface area contributed by atoms with Gasteiger partial charge in [0.1, 0.15) is 11.3 Å². The molecule has 0 amide bonds.